The maximum absolute atomic E-state index is 6.36. The fourth-order valence-electron chi connectivity index (χ4n) is 2.31. The van der Waals surface area contributed by atoms with E-state index in [0.717, 1.165) is 56.4 Å². The lowest BCUT2D eigenvalue weighted by Gasteiger charge is -2.21. The van der Waals surface area contributed by atoms with Crippen molar-refractivity contribution in [2.45, 2.75) is 39.3 Å². The van der Waals surface area contributed by atoms with E-state index >= 15 is 0 Å². The molecule has 0 saturated heterocycles. The Bertz CT molecular complexity index is 395. The summed E-state index contributed by atoms with van der Waals surface area (Å²) in [5.41, 5.74) is 1.09. The third-order valence-electron chi connectivity index (χ3n) is 3.36. The number of nitrogens with zero attached hydrogens (tertiary/aromatic N) is 3. The van der Waals surface area contributed by atoms with Crippen LogP contribution < -0.4 is 5.32 Å². The van der Waals surface area contributed by atoms with Gasteiger partial charge in [0, 0.05) is 19.8 Å². The number of likely N-dealkylation sites (N-methyl/N-ethyl adjacent to an activating group) is 1. The molecule has 0 amide bonds. The van der Waals surface area contributed by atoms with Crippen LogP contribution in [-0.2, 0) is 11.3 Å². The molecule has 1 aromatic rings. The molecule has 1 N–H and O–H groups in total. The van der Waals surface area contributed by atoms with Crippen LogP contribution in [-0.4, -0.2) is 55.1 Å². The summed E-state index contributed by atoms with van der Waals surface area (Å²) in [6.07, 6.45) is 3.77. The molecule has 1 unspecified atom stereocenters. The number of hydrogen-bond acceptors (Lipinski definition) is 4. The molecule has 0 aliphatic heterocycles. The fraction of sp³-hybridized carbons (Fsp3) is 0.800. The van der Waals surface area contributed by atoms with Crippen molar-refractivity contribution in [3.63, 3.8) is 0 Å². The quantitative estimate of drug-likeness (QED) is 0.637. The highest BCUT2D eigenvalue weighted by atomic mass is 35.5. The first kappa shape index (κ1) is 18.4. The van der Waals surface area contributed by atoms with E-state index in [9.17, 15) is 0 Å². The van der Waals surface area contributed by atoms with Gasteiger partial charge in [-0.05, 0) is 40.4 Å². The monoisotopic (exact) mass is 316 g/mol. The van der Waals surface area contributed by atoms with Crippen molar-refractivity contribution in [3.05, 3.63) is 16.9 Å². The van der Waals surface area contributed by atoms with Crippen LogP contribution in [0.25, 0.3) is 0 Å². The lowest BCUT2D eigenvalue weighted by atomic mass is 10.1. The van der Waals surface area contributed by atoms with Crippen molar-refractivity contribution in [2.24, 2.45) is 0 Å². The average Bonchev–Trinajstić information content (AvgIpc) is 2.81. The predicted octanol–water partition coefficient (Wildman–Crippen LogP) is 2.57. The van der Waals surface area contributed by atoms with Crippen LogP contribution in [0.2, 0.25) is 5.02 Å². The largest absolute Gasteiger partial charge is 0.382 e. The van der Waals surface area contributed by atoms with Crippen molar-refractivity contribution >= 4 is 11.6 Å². The van der Waals surface area contributed by atoms with E-state index in [0.29, 0.717) is 0 Å². The maximum atomic E-state index is 6.36. The van der Waals surface area contributed by atoms with Gasteiger partial charge in [0.1, 0.15) is 0 Å². The number of nitrogens with one attached hydrogen (secondary N) is 1. The zero-order valence-corrected chi connectivity index (χ0v) is 14.5. The van der Waals surface area contributed by atoms with E-state index in [4.69, 9.17) is 16.3 Å². The molecule has 0 spiro atoms. The van der Waals surface area contributed by atoms with E-state index in [1.165, 1.54) is 0 Å². The molecule has 0 fully saturated rings. The molecular formula is C15H29ClN4O. The average molecular weight is 317 g/mol. The standard InChI is InChI=1S/C15H29ClN4O/c1-5-17-14(8-7-11-21-6-2)15-13(16)12-18-20(15)10-9-19(3)4/h12,14,17H,5-11H2,1-4H3. The van der Waals surface area contributed by atoms with Gasteiger partial charge in [0.25, 0.3) is 0 Å². The normalized spacial score (nSPS) is 13.0. The SMILES string of the molecule is CCNC(CCCOCC)c1c(Cl)cnn1CCN(C)C. The van der Waals surface area contributed by atoms with Crippen LogP contribution in [0.4, 0.5) is 0 Å². The number of ether oxygens (including phenoxy) is 1. The van der Waals surface area contributed by atoms with Crippen molar-refractivity contribution < 1.29 is 4.74 Å². The maximum Gasteiger partial charge on any atom is 0.0834 e. The van der Waals surface area contributed by atoms with E-state index < -0.39 is 0 Å². The van der Waals surface area contributed by atoms with Gasteiger partial charge in [0.2, 0.25) is 0 Å². The van der Waals surface area contributed by atoms with Gasteiger partial charge in [0.05, 0.1) is 29.5 Å². The number of hydrogen-bond donors (Lipinski definition) is 1. The first-order valence-electron chi connectivity index (χ1n) is 7.77. The summed E-state index contributed by atoms with van der Waals surface area (Å²) < 4.78 is 7.45. The zero-order valence-electron chi connectivity index (χ0n) is 13.7. The molecule has 21 heavy (non-hydrogen) atoms. The molecule has 0 aliphatic rings. The topological polar surface area (TPSA) is 42.3 Å². The summed E-state index contributed by atoms with van der Waals surface area (Å²) in [6.45, 7) is 8.41. The van der Waals surface area contributed by atoms with Crippen LogP contribution in [0.1, 0.15) is 38.4 Å². The molecule has 0 saturated carbocycles. The molecule has 5 nitrogen and oxygen atoms in total. The Hall–Kier alpha value is -0.620. The summed E-state index contributed by atoms with van der Waals surface area (Å²) in [6, 6.07) is 0.229. The van der Waals surface area contributed by atoms with Gasteiger partial charge in [0.15, 0.2) is 0 Å². The summed E-state index contributed by atoms with van der Waals surface area (Å²) >= 11 is 6.36. The van der Waals surface area contributed by atoms with Crippen LogP contribution in [0.5, 0.6) is 0 Å². The smallest absolute Gasteiger partial charge is 0.0834 e. The summed E-state index contributed by atoms with van der Waals surface area (Å²) in [5, 5.41) is 8.68. The van der Waals surface area contributed by atoms with Crippen LogP contribution >= 0.6 is 11.6 Å². The van der Waals surface area contributed by atoms with Gasteiger partial charge in [-0.3, -0.25) is 4.68 Å². The van der Waals surface area contributed by atoms with Gasteiger partial charge in [-0.2, -0.15) is 5.10 Å². The molecule has 0 radical (unpaired) electrons. The lowest BCUT2D eigenvalue weighted by Crippen LogP contribution is -2.27. The highest BCUT2D eigenvalue weighted by molar-refractivity contribution is 6.31. The molecule has 1 rings (SSSR count). The highest BCUT2D eigenvalue weighted by Gasteiger charge is 2.19. The second-order valence-corrected chi connectivity index (χ2v) is 5.76. The Morgan fingerprint density at radius 2 is 2.19 bits per heavy atom. The van der Waals surface area contributed by atoms with Crippen LogP contribution in [0.3, 0.4) is 0 Å². The van der Waals surface area contributed by atoms with E-state index in [1.807, 2.05) is 11.6 Å². The molecule has 122 valence electrons. The summed E-state index contributed by atoms with van der Waals surface area (Å²) in [7, 11) is 4.13. The van der Waals surface area contributed by atoms with E-state index in [-0.39, 0.29) is 6.04 Å². The zero-order chi connectivity index (χ0) is 15.7. The molecule has 0 aromatic carbocycles. The molecule has 1 heterocycles. The van der Waals surface area contributed by atoms with Crippen LogP contribution in [0, 0.1) is 0 Å². The molecule has 6 heteroatoms. The molecule has 1 atom stereocenters. The van der Waals surface area contributed by atoms with Crippen LogP contribution in [0.15, 0.2) is 6.20 Å². The van der Waals surface area contributed by atoms with Crippen molar-refractivity contribution in [1.29, 1.82) is 0 Å². The Morgan fingerprint density at radius 3 is 2.81 bits per heavy atom. The molecule has 1 aromatic heterocycles. The molecular weight excluding hydrogens is 288 g/mol. The third kappa shape index (κ3) is 6.34. The first-order valence-corrected chi connectivity index (χ1v) is 8.15. The minimum Gasteiger partial charge on any atom is -0.382 e. The Labute approximate surface area is 133 Å². The highest BCUT2D eigenvalue weighted by Crippen LogP contribution is 2.26. The van der Waals surface area contributed by atoms with Gasteiger partial charge in [-0.25, -0.2) is 0 Å². The van der Waals surface area contributed by atoms with Crippen molar-refractivity contribution in [3.8, 4) is 0 Å². The minimum atomic E-state index is 0.229. The fourth-order valence-corrected chi connectivity index (χ4v) is 2.58. The van der Waals surface area contributed by atoms with Crippen molar-refractivity contribution in [2.75, 3.05) is 40.4 Å². The second-order valence-electron chi connectivity index (χ2n) is 5.35. The molecule has 0 aliphatic carbocycles. The number of aromatic nitrogens is 2. The van der Waals surface area contributed by atoms with Gasteiger partial charge < -0.3 is 15.0 Å². The first-order chi connectivity index (χ1) is 10.1. The second kappa shape index (κ2) is 10.2. The lowest BCUT2D eigenvalue weighted by molar-refractivity contribution is 0.140. The predicted molar refractivity (Wildman–Crippen MR) is 87.9 cm³/mol. The van der Waals surface area contributed by atoms with E-state index in [1.54, 1.807) is 6.20 Å². The Balaban J connectivity index is 2.73. The summed E-state index contributed by atoms with van der Waals surface area (Å²) in [5.74, 6) is 0. The van der Waals surface area contributed by atoms with Gasteiger partial charge in [-0.1, -0.05) is 18.5 Å². The summed E-state index contributed by atoms with van der Waals surface area (Å²) in [4.78, 5) is 2.15. The Morgan fingerprint density at radius 1 is 1.43 bits per heavy atom. The minimum absolute atomic E-state index is 0.229. The van der Waals surface area contributed by atoms with Gasteiger partial charge in [-0.15, -0.1) is 0 Å². The van der Waals surface area contributed by atoms with E-state index in [2.05, 4.69) is 36.3 Å². The van der Waals surface area contributed by atoms with Crippen molar-refractivity contribution in [1.82, 2.24) is 20.0 Å². The number of halogens is 1. The number of rotatable bonds is 11. The molecule has 0 bridgehead atoms. The Kier molecular flexibility index (Phi) is 8.92. The van der Waals surface area contributed by atoms with Gasteiger partial charge >= 0.3 is 0 Å². The third-order valence-corrected chi connectivity index (χ3v) is 3.65.